The van der Waals surface area contributed by atoms with Crippen molar-refractivity contribution in [2.24, 2.45) is 0 Å². The lowest BCUT2D eigenvalue weighted by atomic mass is 10.1. The summed E-state index contributed by atoms with van der Waals surface area (Å²) in [5.74, 6) is 0.592. The summed E-state index contributed by atoms with van der Waals surface area (Å²) in [6.45, 7) is 6.24. The second-order valence-electron chi connectivity index (χ2n) is 6.55. The van der Waals surface area contributed by atoms with Crippen molar-refractivity contribution < 1.29 is 24.0 Å². The van der Waals surface area contributed by atoms with Crippen LogP contribution in [0.2, 0.25) is 0 Å². The van der Waals surface area contributed by atoms with Crippen molar-refractivity contribution in [3.63, 3.8) is 0 Å². The van der Waals surface area contributed by atoms with Crippen LogP contribution in [0.3, 0.4) is 0 Å². The molecule has 32 heavy (non-hydrogen) atoms. The molecule has 1 aliphatic heterocycles. The molecule has 10 heteroatoms. The summed E-state index contributed by atoms with van der Waals surface area (Å²) in [5, 5.41) is 10.4. The summed E-state index contributed by atoms with van der Waals surface area (Å²) < 4.78 is 12.0. The Bertz CT molecular complexity index is 1100. The molecule has 1 aliphatic rings. The maximum atomic E-state index is 12.8. The number of hydrogen-bond donors (Lipinski definition) is 0. The first kappa shape index (κ1) is 23.6. The van der Waals surface area contributed by atoms with E-state index in [0.717, 1.165) is 16.7 Å². The highest BCUT2D eigenvalue weighted by Crippen LogP contribution is 2.39. The molecule has 0 saturated carbocycles. The molecule has 8 nitrogen and oxygen atoms in total. The van der Waals surface area contributed by atoms with Gasteiger partial charge in [-0.15, -0.1) is 0 Å². The van der Waals surface area contributed by atoms with Gasteiger partial charge in [0.1, 0.15) is 6.61 Å². The van der Waals surface area contributed by atoms with E-state index in [1.807, 2.05) is 6.92 Å². The number of nitrogens with zero attached hydrogens (tertiary/aromatic N) is 2. The SMILES string of the molecule is C=CCOc1c(Br)cc(/C=C2\SC(=O)N(Cc3ccc([N+](=O)[O-])cc3)C2=O)cc1OCC. The largest absolute Gasteiger partial charge is 0.490 e. The Morgan fingerprint density at radius 1 is 1.22 bits per heavy atom. The molecule has 1 heterocycles. The van der Waals surface area contributed by atoms with Gasteiger partial charge in [0.2, 0.25) is 0 Å². The molecule has 0 N–H and O–H groups in total. The quantitative estimate of drug-likeness (QED) is 0.185. The molecule has 2 aromatic rings. The molecule has 0 aromatic heterocycles. The predicted molar refractivity (Wildman–Crippen MR) is 126 cm³/mol. The van der Waals surface area contributed by atoms with Gasteiger partial charge in [-0.25, -0.2) is 0 Å². The van der Waals surface area contributed by atoms with Crippen LogP contribution in [0.1, 0.15) is 18.1 Å². The monoisotopic (exact) mass is 518 g/mol. The number of ether oxygens (including phenoxy) is 2. The minimum absolute atomic E-state index is 0.0300. The summed E-state index contributed by atoms with van der Waals surface area (Å²) in [4.78, 5) is 36.9. The van der Waals surface area contributed by atoms with E-state index in [4.69, 9.17) is 9.47 Å². The average Bonchev–Trinajstić information content (AvgIpc) is 3.01. The van der Waals surface area contributed by atoms with Gasteiger partial charge in [-0.3, -0.25) is 24.6 Å². The smallest absolute Gasteiger partial charge is 0.293 e. The first-order valence-electron chi connectivity index (χ1n) is 9.52. The normalized spacial score (nSPS) is 14.7. The van der Waals surface area contributed by atoms with Crippen molar-refractivity contribution in [3.05, 3.63) is 79.7 Å². The first-order valence-corrected chi connectivity index (χ1v) is 11.1. The van der Waals surface area contributed by atoms with Gasteiger partial charge in [0, 0.05) is 12.1 Å². The predicted octanol–water partition coefficient (Wildman–Crippen LogP) is 5.56. The molecule has 1 saturated heterocycles. The van der Waals surface area contributed by atoms with Crippen LogP contribution in [0.15, 0.2) is 58.4 Å². The van der Waals surface area contributed by atoms with E-state index in [9.17, 15) is 19.7 Å². The molecule has 0 atom stereocenters. The summed E-state index contributed by atoms with van der Waals surface area (Å²) >= 11 is 4.30. The van der Waals surface area contributed by atoms with Gasteiger partial charge in [0.05, 0.1) is 27.5 Å². The maximum absolute atomic E-state index is 12.8. The third-order valence-corrected chi connectivity index (χ3v) is 5.83. The third-order valence-electron chi connectivity index (χ3n) is 4.34. The molecule has 0 unspecified atom stereocenters. The number of nitro groups is 1. The zero-order chi connectivity index (χ0) is 23.3. The number of non-ortho nitro benzene ring substituents is 1. The van der Waals surface area contributed by atoms with Crippen LogP contribution >= 0.6 is 27.7 Å². The van der Waals surface area contributed by atoms with Gasteiger partial charge < -0.3 is 9.47 Å². The third kappa shape index (κ3) is 5.38. The summed E-state index contributed by atoms with van der Waals surface area (Å²) in [6.07, 6.45) is 3.24. The van der Waals surface area contributed by atoms with Crippen molar-refractivity contribution in [1.29, 1.82) is 0 Å². The van der Waals surface area contributed by atoms with Crippen LogP contribution in [0, 0.1) is 10.1 Å². The van der Waals surface area contributed by atoms with E-state index in [1.165, 1.54) is 24.3 Å². The Morgan fingerprint density at radius 3 is 2.56 bits per heavy atom. The number of nitro benzene ring substituents is 1. The second-order valence-corrected chi connectivity index (χ2v) is 8.40. The van der Waals surface area contributed by atoms with E-state index in [1.54, 1.807) is 24.3 Å². The maximum Gasteiger partial charge on any atom is 0.293 e. The average molecular weight is 519 g/mol. The minimum Gasteiger partial charge on any atom is -0.490 e. The van der Waals surface area contributed by atoms with Crippen molar-refractivity contribution in [2.75, 3.05) is 13.2 Å². The number of rotatable bonds is 9. The topological polar surface area (TPSA) is 99.0 Å². The lowest BCUT2D eigenvalue weighted by Crippen LogP contribution is -2.27. The van der Waals surface area contributed by atoms with Crippen molar-refractivity contribution in [3.8, 4) is 11.5 Å². The number of amides is 2. The number of carbonyl (C=O) groups excluding carboxylic acids is 2. The zero-order valence-electron chi connectivity index (χ0n) is 17.1. The van der Waals surface area contributed by atoms with Crippen molar-refractivity contribution >= 4 is 50.6 Å². The zero-order valence-corrected chi connectivity index (χ0v) is 19.5. The van der Waals surface area contributed by atoms with Crippen LogP contribution in [-0.2, 0) is 11.3 Å². The highest BCUT2D eigenvalue weighted by molar-refractivity contribution is 9.10. The van der Waals surface area contributed by atoms with Gasteiger partial charge in [-0.2, -0.15) is 0 Å². The molecule has 1 fully saturated rings. The summed E-state index contributed by atoms with van der Waals surface area (Å²) in [7, 11) is 0. The molecule has 0 radical (unpaired) electrons. The van der Waals surface area contributed by atoms with E-state index in [2.05, 4.69) is 22.5 Å². The number of hydrogen-bond acceptors (Lipinski definition) is 7. The number of benzene rings is 2. The lowest BCUT2D eigenvalue weighted by molar-refractivity contribution is -0.384. The van der Waals surface area contributed by atoms with Gasteiger partial charge in [0.25, 0.3) is 16.8 Å². The van der Waals surface area contributed by atoms with Crippen LogP contribution in [-0.4, -0.2) is 34.2 Å². The van der Waals surface area contributed by atoms with E-state index in [0.29, 0.717) is 40.3 Å². The fourth-order valence-corrected chi connectivity index (χ4v) is 4.32. The molecule has 166 valence electrons. The van der Waals surface area contributed by atoms with E-state index < -0.39 is 16.1 Å². The molecule has 0 aliphatic carbocycles. The first-order chi connectivity index (χ1) is 15.3. The molecular formula is C22H19BrN2O6S. The van der Waals surface area contributed by atoms with Gasteiger partial charge in [0.15, 0.2) is 11.5 Å². The van der Waals surface area contributed by atoms with Crippen molar-refractivity contribution in [2.45, 2.75) is 13.5 Å². The Kier molecular flexibility index (Phi) is 7.70. The molecule has 0 spiro atoms. The Balaban J connectivity index is 1.83. The highest BCUT2D eigenvalue weighted by atomic mass is 79.9. The van der Waals surface area contributed by atoms with E-state index >= 15 is 0 Å². The molecule has 2 aromatic carbocycles. The number of halogens is 1. The fourth-order valence-electron chi connectivity index (χ4n) is 2.91. The number of thioether (sulfide) groups is 1. The molecule has 2 amide bonds. The fraction of sp³-hybridized carbons (Fsp3) is 0.182. The van der Waals surface area contributed by atoms with Gasteiger partial charge >= 0.3 is 0 Å². The molecule has 3 rings (SSSR count). The van der Waals surface area contributed by atoms with Crippen LogP contribution in [0.4, 0.5) is 10.5 Å². The number of imide groups is 1. The van der Waals surface area contributed by atoms with Gasteiger partial charge in [-0.1, -0.05) is 24.8 Å². The highest BCUT2D eigenvalue weighted by Gasteiger charge is 2.35. The Labute approximate surface area is 197 Å². The van der Waals surface area contributed by atoms with Crippen LogP contribution in [0.25, 0.3) is 6.08 Å². The van der Waals surface area contributed by atoms with Crippen LogP contribution < -0.4 is 9.47 Å². The van der Waals surface area contributed by atoms with Crippen LogP contribution in [0.5, 0.6) is 11.5 Å². The number of carbonyl (C=O) groups is 2. The Hall–Kier alpha value is -3.11. The summed E-state index contributed by atoms with van der Waals surface area (Å²) in [5.41, 5.74) is 1.22. The Morgan fingerprint density at radius 2 is 1.94 bits per heavy atom. The standard InChI is InChI=1S/C22H19BrN2O6S/c1-3-9-31-20-17(23)10-15(11-18(20)30-4-2)12-19-21(26)24(22(27)32-19)13-14-5-7-16(8-6-14)25(28)29/h3,5-8,10-12H,1,4,9,13H2,2H3/b19-12-. The lowest BCUT2D eigenvalue weighted by Gasteiger charge is -2.14. The van der Waals surface area contributed by atoms with Gasteiger partial charge in [-0.05, 0) is 64.0 Å². The van der Waals surface area contributed by atoms with Crippen molar-refractivity contribution in [1.82, 2.24) is 4.90 Å². The van der Waals surface area contributed by atoms with E-state index in [-0.39, 0.29) is 17.1 Å². The minimum atomic E-state index is -0.505. The second kappa shape index (κ2) is 10.5. The molecule has 0 bridgehead atoms. The molecular weight excluding hydrogens is 500 g/mol. The summed E-state index contributed by atoms with van der Waals surface area (Å²) in [6, 6.07) is 9.24.